The van der Waals surface area contributed by atoms with Gasteiger partial charge in [0, 0.05) is 5.02 Å². The molecule has 3 rings (SSSR count). The molecule has 0 bridgehead atoms. The minimum atomic E-state index is 0.303. The molecule has 0 saturated carbocycles. The number of hydrogen-bond donors (Lipinski definition) is 0. The highest BCUT2D eigenvalue weighted by Crippen LogP contribution is 2.30. The van der Waals surface area contributed by atoms with E-state index in [0.29, 0.717) is 15.9 Å². The topological polar surface area (TPSA) is 17.8 Å². The van der Waals surface area contributed by atoms with Crippen molar-refractivity contribution >= 4 is 45.8 Å². The second-order valence-corrected chi connectivity index (χ2v) is 5.65. The van der Waals surface area contributed by atoms with Gasteiger partial charge in [0.25, 0.3) is 0 Å². The van der Waals surface area contributed by atoms with Gasteiger partial charge < -0.3 is 0 Å². The van der Waals surface area contributed by atoms with Gasteiger partial charge in [-0.2, -0.15) is 0 Å². The van der Waals surface area contributed by atoms with E-state index in [1.807, 2.05) is 35.8 Å². The van der Waals surface area contributed by atoms with Crippen molar-refractivity contribution in [2.24, 2.45) is 0 Å². The number of rotatable bonds is 2. The summed E-state index contributed by atoms with van der Waals surface area (Å²) in [5.41, 5.74) is 3.80. The van der Waals surface area contributed by atoms with Crippen LogP contribution < -0.4 is 0 Å². The van der Waals surface area contributed by atoms with Crippen molar-refractivity contribution in [3.63, 3.8) is 0 Å². The molecule has 1 heterocycles. The largest absolute Gasteiger partial charge is 0.294 e. The minimum absolute atomic E-state index is 0.303. The number of aromatic nitrogens is 2. The fraction of sp³-hybridized carbons (Fsp3) is 0.133. The molecule has 1 aromatic heterocycles. The molecule has 0 aliphatic heterocycles. The third-order valence-electron chi connectivity index (χ3n) is 3.22. The molecule has 2 aromatic carbocycles. The molecule has 0 atom stereocenters. The molecule has 2 nitrogen and oxygen atoms in total. The lowest BCUT2D eigenvalue weighted by Crippen LogP contribution is -2.00. The SMILES string of the molecule is Cc1cccc2c1nc(CCl)n2-c1cc(Cl)ccc1Cl. The van der Waals surface area contributed by atoms with E-state index < -0.39 is 0 Å². The summed E-state index contributed by atoms with van der Waals surface area (Å²) < 4.78 is 1.96. The van der Waals surface area contributed by atoms with Crippen LogP contribution in [0.15, 0.2) is 36.4 Å². The Balaban J connectivity index is 2.40. The molecule has 0 radical (unpaired) electrons. The third kappa shape index (κ3) is 2.18. The van der Waals surface area contributed by atoms with E-state index >= 15 is 0 Å². The maximum atomic E-state index is 6.31. The normalized spacial score (nSPS) is 11.2. The zero-order chi connectivity index (χ0) is 14.3. The van der Waals surface area contributed by atoms with E-state index in [1.54, 1.807) is 12.1 Å². The number of aryl methyl sites for hydroxylation is 1. The van der Waals surface area contributed by atoms with Gasteiger partial charge in [-0.15, -0.1) is 11.6 Å². The highest BCUT2D eigenvalue weighted by molar-refractivity contribution is 6.34. The zero-order valence-electron chi connectivity index (χ0n) is 10.7. The quantitative estimate of drug-likeness (QED) is 0.578. The Labute approximate surface area is 131 Å². The summed E-state index contributed by atoms with van der Waals surface area (Å²) >= 11 is 18.4. The summed E-state index contributed by atoms with van der Waals surface area (Å²) in [5.74, 6) is 1.05. The van der Waals surface area contributed by atoms with E-state index in [4.69, 9.17) is 34.8 Å². The lowest BCUT2D eigenvalue weighted by molar-refractivity contribution is 0.982. The molecule has 3 aromatic rings. The van der Waals surface area contributed by atoms with Crippen molar-refractivity contribution in [2.75, 3.05) is 0 Å². The van der Waals surface area contributed by atoms with E-state index in [-0.39, 0.29) is 0 Å². The van der Waals surface area contributed by atoms with Crippen molar-refractivity contribution < 1.29 is 0 Å². The van der Waals surface area contributed by atoms with Gasteiger partial charge in [0.15, 0.2) is 0 Å². The predicted molar refractivity (Wildman–Crippen MR) is 85.4 cm³/mol. The van der Waals surface area contributed by atoms with E-state index in [1.165, 1.54) is 0 Å². The Kier molecular flexibility index (Phi) is 3.63. The van der Waals surface area contributed by atoms with E-state index in [2.05, 4.69) is 4.98 Å². The van der Waals surface area contributed by atoms with Crippen LogP contribution in [0.5, 0.6) is 0 Å². The van der Waals surface area contributed by atoms with Crippen LogP contribution in [-0.2, 0) is 5.88 Å². The minimum Gasteiger partial charge on any atom is -0.294 e. The van der Waals surface area contributed by atoms with Gasteiger partial charge in [-0.3, -0.25) is 4.57 Å². The van der Waals surface area contributed by atoms with Crippen molar-refractivity contribution in [1.29, 1.82) is 0 Å². The van der Waals surface area contributed by atoms with Gasteiger partial charge >= 0.3 is 0 Å². The van der Waals surface area contributed by atoms with Crippen LogP contribution in [0.25, 0.3) is 16.7 Å². The Bertz CT molecular complexity index is 793. The van der Waals surface area contributed by atoms with Crippen molar-refractivity contribution in [1.82, 2.24) is 9.55 Å². The van der Waals surface area contributed by atoms with Gasteiger partial charge in [0.1, 0.15) is 5.82 Å². The maximum absolute atomic E-state index is 6.31. The predicted octanol–water partition coefficient (Wildman–Crippen LogP) is 5.38. The Morgan fingerprint density at radius 1 is 1.15 bits per heavy atom. The first-order valence-corrected chi connectivity index (χ1v) is 7.39. The zero-order valence-corrected chi connectivity index (χ0v) is 13.0. The molecule has 102 valence electrons. The molecule has 0 amide bonds. The molecule has 0 fully saturated rings. The van der Waals surface area contributed by atoms with Crippen LogP contribution in [0.1, 0.15) is 11.4 Å². The Hall–Kier alpha value is -1.22. The number of nitrogens with zero attached hydrogens (tertiary/aromatic N) is 2. The number of hydrogen-bond acceptors (Lipinski definition) is 1. The van der Waals surface area contributed by atoms with E-state index in [9.17, 15) is 0 Å². The average Bonchev–Trinajstić information content (AvgIpc) is 2.81. The van der Waals surface area contributed by atoms with Gasteiger partial charge in [-0.25, -0.2) is 4.98 Å². The highest BCUT2D eigenvalue weighted by Gasteiger charge is 2.15. The highest BCUT2D eigenvalue weighted by atomic mass is 35.5. The van der Waals surface area contributed by atoms with Crippen LogP contribution >= 0.6 is 34.8 Å². The maximum Gasteiger partial charge on any atom is 0.129 e. The summed E-state index contributed by atoms with van der Waals surface area (Å²) in [6.07, 6.45) is 0. The van der Waals surface area contributed by atoms with Gasteiger partial charge in [-0.05, 0) is 36.8 Å². The lowest BCUT2D eigenvalue weighted by atomic mass is 10.2. The molecule has 0 saturated heterocycles. The number of imidazole rings is 1. The summed E-state index contributed by atoms with van der Waals surface area (Å²) in [5, 5.41) is 1.24. The summed E-state index contributed by atoms with van der Waals surface area (Å²) in [4.78, 5) is 4.61. The molecule has 0 aliphatic carbocycles. The number of alkyl halides is 1. The van der Waals surface area contributed by atoms with Crippen LogP contribution in [0, 0.1) is 6.92 Å². The summed E-state index contributed by atoms with van der Waals surface area (Å²) in [6.45, 7) is 2.03. The second kappa shape index (κ2) is 5.28. The van der Waals surface area contributed by atoms with Crippen LogP contribution in [0.2, 0.25) is 10.0 Å². The standard InChI is InChI=1S/C15H11Cl3N2/c1-9-3-2-4-12-15(9)19-14(8-16)20(12)13-7-10(17)5-6-11(13)18/h2-7H,8H2,1H3. The lowest BCUT2D eigenvalue weighted by Gasteiger charge is -2.10. The third-order valence-corrected chi connectivity index (χ3v) is 4.02. The molecular formula is C15H11Cl3N2. The number of halogens is 3. The van der Waals surface area contributed by atoms with Crippen molar-refractivity contribution in [2.45, 2.75) is 12.8 Å². The molecule has 0 aliphatic rings. The van der Waals surface area contributed by atoms with Crippen LogP contribution in [-0.4, -0.2) is 9.55 Å². The Morgan fingerprint density at radius 3 is 2.70 bits per heavy atom. The summed E-state index contributed by atoms with van der Waals surface area (Å²) in [7, 11) is 0. The molecule has 0 unspecified atom stereocenters. The molecule has 5 heteroatoms. The van der Waals surface area contributed by atoms with Gasteiger partial charge in [0.05, 0.1) is 27.6 Å². The Morgan fingerprint density at radius 2 is 1.95 bits per heavy atom. The van der Waals surface area contributed by atoms with Crippen molar-refractivity contribution in [3.8, 4) is 5.69 Å². The second-order valence-electron chi connectivity index (χ2n) is 4.54. The van der Waals surface area contributed by atoms with Gasteiger partial charge in [0.2, 0.25) is 0 Å². The molecule has 0 N–H and O–H groups in total. The fourth-order valence-electron chi connectivity index (χ4n) is 2.30. The number of benzene rings is 2. The van der Waals surface area contributed by atoms with E-state index in [0.717, 1.165) is 28.1 Å². The monoisotopic (exact) mass is 324 g/mol. The smallest absolute Gasteiger partial charge is 0.129 e. The average molecular weight is 326 g/mol. The van der Waals surface area contributed by atoms with Crippen LogP contribution in [0.3, 0.4) is 0 Å². The first kappa shape index (κ1) is 13.7. The molecular weight excluding hydrogens is 315 g/mol. The molecule has 20 heavy (non-hydrogen) atoms. The first-order chi connectivity index (χ1) is 9.61. The molecule has 0 spiro atoms. The fourth-order valence-corrected chi connectivity index (χ4v) is 2.85. The number of fused-ring (bicyclic) bond motifs is 1. The van der Waals surface area contributed by atoms with Crippen molar-refractivity contribution in [3.05, 3.63) is 57.8 Å². The first-order valence-electron chi connectivity index (χ1n) is 6.10. The number of para-hydroxylation sites is 1. The van der Waals surface area contributed by atoms with Gasteiger partial charge in [-0.1, -0.05) is 35.3 Å². The summed E-state index contributed by atoms with van der Waals surface area (Å²) in [6, 6.07) is 11.4. The van der Waals surface area contributed by atoms with Crippen LogP contribution in [0.4, 0.5) is 0 Å².